The lowest BCUT2D eigenvalue weighted by molar-refractivity contribution is -0.252. The first-order valence-corrected chi connectivity index (χ1v) is 8.33. The van der Waals surface area contributed by atoms with Gasteiger partial charge in [-0.3, -0.25) is 0 Å². The van der Waals surface area contributed by atoms with Crippen LogP contribution in [0.1, 0.15) is 63.2 Å². The Hall–Kier alpha value is -1.55. The van der Waals surface area contributed by atoms with E-state index < -0.39 is 17.4 Å². The Labute approximate surface area is 142 Å². The summed E-state index contributed by atoms with van der Waals surface area (Å²) >= 11 is 5.84. The van der Waals surface area contributed by atoms with Gasteiger partial charge in [0.15, 0.2) is 0 Å². The van der Waals surface area contributed by atoms with E-state index in [0.717, 1.165) is 32.1 Å². The van der Waals surface area contributed by atoms with Crippen molar-refractivity contribution in [1.82, 2.24) is 0 Å². The molecule has 1 aromatic rings. The minimum Gasteiger partial charge on any atom is -0.247 e. The van der Waals surface area contributed by atoms with Crippen molar-refractivity contribution in [2.45, 2.75) is 52.9 Å². The lowest BCUT2D eigenvalue weighted by atomic mass is 9.59. The molecule has 1 aliphatic carbocycles. The zero-order valence-electron chi connectivity index (χ0n) is 13.9. The predicted molar refractivity (Wildman–Crippen MR) is 87.9 cm³/mol. The van der Waals surface area contributed by atoms with Crippen molar-refractivity contribution in [2.75, 3.05) is 0 Å². The smallest absolute Gasteiger partial charge is 0.247 e. The topological polar surface area (TPSA) is 52.6 Å². The number of benzene rings is 1. The molecule has 0 N–H and O–H groups in total. The summed E-state index contributed by atoms with van der Waals surface area (Å²) in [5, 5.41) is 0.421. The van der Waals surface area contributed by atoms with Crippen molar-refractivity contribution in [3.63, 3.8) is 0 Å². The van der Waals surface area contributed by atoms with Gasteiger partial charge < -0.3 is 0 Å². The third kappa shape index (κ3) is 3.86. The monoisotopic (exact) mass is 338 g/mol. The van der Waals surface area contributed by atoms with Crippen molar-refractivity contribution < 1.29 is 19.4 Å². The van der Waals surface area contributed by atoms with Crippen LogP contribution in [0.3, 0.4) is 0 Å². The van der Waals surface area contributed by atoms with Gasteiger partial charge in [0.1, 0.15) is 0 Å². The van der Waals surface area contributed by atoms with Gasteiger partial charge in [0, 0.05) is 5.02 Å². The quantitative estimate of drug-likeness (QED) is 0.565. The van der Waals surface area contributed by atoms with Gasteiger partial charge in [-0.25, -0.2) is 19.4 Å². The van der Waals surface area contributed by atoms with E-state index in [1.54, 1.807) is 18.2 Å². The number of hydrogen-bond donors (Lipinski definition) is 0. The van der Waals surface area contributed by atoms with Gasteiger partial charge in [-0.15, -0.1) is 0 Å². The number of rotatable bonds is 2. The molecule has 126 valence electrons. The lowest BCUT2D eigenvalue weighted by Crippen LogP contribution is -2.45. The highest BCUT2D eigenvalue weighted by Gasteiger charge is 2.51. The van der Waals surface area contributed by atoms with Crippen LogP contribution in [0.15, 0.2) is 24.3 Å². The maximum absolute atomic E-state index is 12.6. The molecule has 1 aliphatic rings. The van der Waals surface area contributed by atoms with Gasteiger partial charge in [-0.1, -0.05) is 57.7 Å². The highest BCUT2D eigenvalue weighted by molar-refractivity contribution is 6.30. The molecule has 2 rings (SSSR count). The Balaban J connectivity index is 2.06. The van der Waals surface area contributed by atoms with E-state index in [-0.39, 0.29) is 11.0 Å². The highest BCUT2D eigenvalue weighted by Crippen LogP contribution is 2.50. The molecule has 0 spiro atoms. The molecule has 0 heterocycles. The highest BCUT2D eigenvalue weighted by atomic mass is 35.5. The second-order valence-corrected chi connectivity index (χ2v) is 7.58. The van der Waals surface area contributed by atoms with E-state index in [4.69, 9.17) is 21.4 Å². The first-order valence-electron chi connectivity index (χ1n) is 7.95. The Morgan fingerprint density at radius 2 is 1.74 bits per heavy atom. The average Bonchev–Trinajstić information content (AvgIpc) is 2.51. The van der Waals surface area contributed by atoms with Gasteiger partial charge in [-0.05, 0) is 36.5 Å². The second-order valence-electron chi connectivity index (χ2n) is 7.14. The summed E-state index contributed by atoms with van der Waals surface area (Å²) in [6.07, 6.45) is 4.59. The van der Waals surface area contributed by atoms with Gasteiger partial charge in [-0.2, -0.15) is 0 Å². The molecule has 4 nitrogen and oxygen atoms in total. The van der Waals surface area contributed by atoms with Crippen molar-refractivity contribution in [2.24, 2.45) is 10.8 Å². The summed E-state index contributed by atoms with van der Waals surface area (Å²) in [5.41, 5.74) is -0.619. The molecule has 0 atom stereocenters. The number of halogens is 1. The second kappa shape index (κ2) is 6.91. The van der Waals surface area contributed by atoms with E-state index in [0.29, 0.717) is 5.02 Å². The van der Waals surface area contributed by atoms with Crippen molar-refractivity contribution >= 4 is 23.5 Å². The Kier molecular flexibility index (Phi) is 5.35. The summed E-state index contributed by atoms with van der Waals surface area (Å²) in [6, 6.07) is 6.32. The van der Waals surface area contributed by atoms with Gasteiger partial charge in [0.05, 0.1) is 11.0 Å². The Morgan fingerprint density at radius 1 is 1.09 bits per heavy atom. The molecule has 0 unspecified atom stereocenters. The molecule has 23 heavy (non-hydrogen) atoms. The fraction of sp³-hybridized carbons (Fsp3) is 0.556. The molecular weight excluding hydrogens is 316 g/mol. The molecule has 0 radical (unpaired) electrons. The molecule has 0 bridgehead atoms. The fourth-order valence-corrected chi connectivity index (χ4v) is 3.42. The van der Waals surface area contributed by atoms with Crippen LogP contribution in [0.4, 0.5) is 0 Å². The lowest BCUT2D eigenvalue weighted by Gasteiger charge is -2.44. The molecule has 1 fully saturated rings. The number of hydrogen-bond acceptors (Lipinski definition) is 4. The first kappa shape index (κ1) is 17.8. The van der Waals surface area contributed by atoms with Crippen LogP contribution in [0, 0.1) is 10.8 Å². The normalized spacial score (nSPS) is 17.4. The molecule has 5 heteroatoms. The Bertz CT molecular complexity index is 583. The zero-order chi connectivity index (χ0) is 17.1. The summed E-state index contributed by atoms with van der Waals surface area (Å²) < 4.78 is 0. The zero-order valence-corrected chi connectivity index (χ0v) is 14.6. The van der Waals surface area contributed by atoms with Gasteiger partial charge in [0.25, 0.3) is 0 Å². The van der Waals surface area contributed by atoms with Crippen LogP contribution in [0.25, 0.3) is 0 Å². The minimum atomic E-state index is -0.722. The van der Waals surface area contributed by atoms with Crippen LogP contribution < -0.4 is 0 Å². The summed E-state index contributed by atoms with van der Waals surface area (Å²) in [5.74, 6) is -1.18. The van der Waals surface area contributed by atoms with Crippen molar-refractivity contribution in [3.8, 4) is 0 Å². The van der Waals surface area contributed by atoms with Crippen molar-refractivity contribution in [1.29, 1.82) is 0 Å². The van der Waals surface area contributed by atoms with Crippen LogP contribution >= 0.6 is 11.6 Å². The molecular formula is C18H23ClO4. The number of carbonyl (C=O) groups is 2. The molecule has 1 aromatic carbocycles. The van der Waals surface area contributed by atoms with Crippen LogP contribution in [0.5, 0.6) is 0 Å². The maximum atomic E-state index is 12.6. The predicted octanol–water partition coefficient (Wildman–Crippen LogP) is 4.95. The van der Waals surface area contributed by atoms with Crippen molar-refractivity contribution in [3.05, 3.63) is 34.9 Å². The molecule has 0 aliphatic heterocycles. The Morgan fingerprint density at radius 3 is 2.30 bits per heavy atom. The van der Waals surface area contributed by atoms with E-state index in [2.05, 4.69) is 0 Å². The number of carbonyl (C=O) groups excluding carboxylic acids is 2. The summed E-state index contributed by atoms with van der Waals surface area (Å²) in [7, 11) is 0. The molecule has 1 saturated carbocycles. The van der Waals surface area contributed by atoms with Crippen LogP contribution in [-0.2, 0) is 14.6 Å². The molecule has 0 aromatic heterocycles. The van der Waals surface area contributed by atoms with Gasteiger partial charge in [0.2, 0.25) is 0 Å². The standard InChI is InChI=1S/C18H23ClO4/c1-17(2,3)18(10-5-4-6-11-18)16(21)23-22-15(20)13-8-7-9-14(19)12-13/h7-9,12H,4-6,10-11H2,1-3H3. The van der Waals surface area contributed by atoms with E-state index in [9.17, 15) is 9.59 Å². The minimum absolute atomic E-state index is 0.249. The van der Waals surface area contributed by atoms with E-state index >= 15 is 0 Å². The van der Waals surface area contributed by atoms with Gasteiger partial charge >= 0.3 is 11.9 Å². The third-order valence-electron chi connectivity index (χ3n) is 4.79. The average molecular weight is 339 g/mol. The molecule has 0 amide bonds. The summed E-state index contributed by atoms with van der Waals surface area (Å²) in [4.78, 5) is 34.3. The van der Waals surface area contributed by atoms with Crippen LogP contribution in [-0.4, -0.2) is 11.9 Å². The third-order valence-corrected chi connectivity index (χ3v) is 5.02. The van der Waals surface area contributed by atoms with E-state index in [1.165, 1.54) is 6.07 Å². The fourth-order valence-electron chi connectivity index (χ4n) is 3.23. The maximum Gasteiger partial charge on any atom is 0.386 e. The van der Waals surface area contributed by atoms with Crippen LogP contribution in [0.2, 0.25) is 5.02 Å². The summed E-state index contributed by atoms with van der Waals surface area (Å²) in [6.45, 7) is 6.08. The first-order chi connectivity index (χ1) is 10.8. The van der Waals surface area contributed by atoms with E-state index in [1.807, 2.05) is 20.8 Å². The SMILES string of the molecule is CC(C)(C)C1(C(=O)OOC(=O)c2cccc(Cl)c2)CCCCC1. The molecule has 0 saturated heterocycles. The largest absolute Gasteiger partial charge is 0.386 e.